The Bertz CT molecular complexity index is 926. The maximum Gasteiger partial charge on any atom is 0.240 e. The van der Waals surface area contributed by atoms with Gasteiger partial charge in [0, 0.05) is 23.8 Å². The molecule has 1 heterocycles. The van der Waals surface area contributed by atoms with Crippen LogP contribution in [0, 0.1) is 12.8 Å². The molecule has 1 aromatic heterocycles. The van der Waals surface area contributed by atoms with Crippen molar-refractivity contribution in [3.63, 3.8) is 0 Å². The Morgan fingerprint density at radius 3 is 2.54 bits per heavy atom. The van der Waals surface area contributed by atoms with Gasteiger partial charge in [0.25, 0.3) is 0 Å². The standard InChI is InChI=1S/C21H31N3O3S/c1-15(2)28(26,27)22-13-17-8-10-19(11-9-17)23-21(25)14-24-16(3)12-18-6-4-5-7-20(18)24/h4-7,12,15,17,19,22H,8-11,13-14H2,1-3H3,(H,23,25). The third-order valence-corrected chi connectivity index (χ3v) is 7.54. The SMILES string of the molecule is Cc1cc2ccccc2n1CC(=O)NC1CCC(CNS(=O)(=O)C(C)C)CC1. The van der Waals surface area contributed by atoms with Gasteiger partial charge in [-0.05, 0) is 69.9 Å². The topological polar surface area (TPSA) is 80.2 Å². The van der Waals surface area contributed by atoms with Crippen molar-refractivity contribution in [3.05, 3.63) is 36.0 Å². The third-order valence-electron chi connectivity index (χ3n) is 5.73. The molecular weight excluding hydrogens is 374 g/mol. The number of carbonyl (C=O) groups is 1. The zero-order chi connectivity index (χ0) is 20.3. The van der Waals surface area contributed by atoms with Crippen molar-refractivity contribution >= 4 is 26.8 Å². The highest BCUT2D eigenvalue weighted by Gasteiger charge is 2.24. The zero-order valence-electron chi connectivity index (χ0n) is 16.9. The van der Waals surface area contributed by atoms with Gasteiger partial charge >= 0.3 is 0 Å². The van der Waals surface area contributed by atoms with Gasteiger partial charge in [-0.2, -0.15) is 0 Å². The molecule has 1 aromatic carbocycles. The minimum Gasteiger partial charge on any atom is -0.352 e. The molecule has 28 heavy (non-hydrogen) atoms. The van der Waals surface area contributed by atoms with E-state index in [9.17, 15) is 13.2 Å². The summed E-state index contributed by atoms with van der Waals surface area (Å²) in [7, 11) is -3.20. The van der Waals surface area contributed by atoms with Crippen molar-refractivity contribution < 1.29 is 13.2 Å². The van der Waals surface area contributed by atoms with Gasteiger partial charge < -0.3 is 9.88 Å². The number of amides is 1. The number of aryl methyl sites for hydroxylation is 1. The normalized spacial score (nSPS) is 20.6. The summed E-state index contributed by atoms with van der Waals surface area (Å²) in [5.41, 5.74) is 2.16. The van der Waals surface area contributed by atoms with Gasteiger partial charge in [-0.3, -0.25) is 4.79 Å². The van der Waals surface area contributed by atoms with Gasteiger partial charge in [0.2, 0.25) is 15.9 Å². The summed E-state index contributed by atoms with van der Waals surface area (Å²) in [4.78, 5) is 12.6. The van der Waals surface area contributed by atoms with E-state index in [1.807, 2.05) is 25.1 Å². The number of aromatic nitrogens is 1. The van der Waals surface area contributed by atoms with Crippen molar-refractivity contribution in [2.45, 2.75) is 64.3 Å². The lowest BCUT2D eigenvalue weighted by Crippen LogP contribution is -2.41. The number of benzene rings is 1. The number of rotatable bonds is 7. The Morgan fingerprint density at radius 1 is 1.18 bits per heavy atom. The molecule has 1 fully saturated rings. The van der Waals surface area contributed by atoms with Gasteiger partial charge in [0.05, 0.1) is 5.25 Å². The summed E-state index contributed by atoms with van der Waals surface area (Å²) in [6, 6.07) is 10.4. The second kappa shape index (κ2) is 8.66. The largest absolute Gasteiger partial charge is 0.352 e. The van der Waals surface area contributed by atoms with Crippen LogP contribution in [-0.4, -0.2) is 36.7 Å². The molecule has 0 aliphatic heterocycles. The van der Waals surface area contributed by atoms with Gasteiger partial charge in [0.1, 0.15) is 6.54 Å². The number of nitrogens with zero attached hydrogens (tertiary/aromatic N) is 1. The van der Waals surface area contributed by atoms with E-state index < -0.39 is 15.3 Å². The van der Waals surface area contributed by atoms with Crippen LogP contribution >= 0.6 is 0 Å². The molecule has 0 spiro atoms. The predicted molar refractivity (Wildman–Crippen MR) is 113 cm³/mol. The van der Waals surface area contributed by atoms with E-state index in [0.717, 1.165) is 42.3 Å². The summed E-state index contributed by atoms with van der Waals surface area (Å²) in [6.07, 6.45) is 3.64. The average molecular weight is 406 g/mol. The van der Waals surface area contributed by atoms with Crippen LogP contribution < -0.4 is 10.0 Å². The van der Waals surface area contributed by atoms with Crippen LogP contribution in [0.5, 0.6) is 0 Å². The second-order valence-corrected chi connectivity index (χ2v) is 10.5. The predicted octanol–water partition coefficient (Wildman–Crippen LogP) is 2.95. The van der Waals surface area contributed by atoms with E-state index in [1.54, 1.807) is 13.8 Å². The molecule has 2 aromatic rings. The number of para-hydroxylation sites is 1. The summed E-state index contributed by atoms with van der Waals surface area (Å²) in [5.74, 6) is 0.380. The van der Waals surface area contributed by atoms with Gasteiger partial charge in [-0.25, -0.2) is 13.1 Å². The van der Waals surface area contributed by atoms with Crippen LogP contribution in [0.25, 0.3) is 10.9 Å². The molecule has 1 amide bonds. The van der Waals surface area contributed by atoms with E-state index in [4.69, 9.17) is 0 Å². The minimum absolute atomic E-state index is 0.0356. The quantitative estimate of drug-likeness (QED) is 0.743. The third kappa shape index (κ3) is 4.94. The number of fused-ring (bicyclic) bond motifs is 1. The molecule has 2 N–H and O–H groups in total. The van der Waals surface area contributed by atoms with Crippen LogP contribution in [0.1, 0.15) is 45.2 Å². The molecule has 1 saturated carbocycles. The molecule has 3 rings (SSSR count). The van der Waals surface area contributed by atoms with E-state index >= 15 is 0 Å². The van der Waals surface area contributed by atoms with Crippen LogP contribution in [-0.2, 0) is 21.4 Å². The molecule has 0 radical (unpaired) electrons. The van der Waals surface area contributed by atoms with Crippen molar-refractivity contribution in [2.24, 2.45) is 5.92 Å². The number of sulfonamides is 1. The number of carbonyl (C=O) groups excluding carboxylic acids is 1. The molecule has 0 saturated heterocycles. The van der Waals surface area contributed by atoms with Crippen molar-refractivity contribution in [1.82, 2.24) is 14.6 Å². The zero-order valence-corrected chi connectivity index (χ0v) is 17.8. The lowest BCUT2D eigenvalue weighted by Gasteiger charge is -2.29. The van der Waals surface area contributed by atoms with Gasteiger partial charge in [0.15, 0.2) is 0 Å². The molecule has 0 atom stereocenters. The molecule has 7 heteroatoms. The maximum atomic E-state index is 12.6. The summed E-state index contributed by atoms with van der Waals surface area (Å²) >= 11 is 0. The first kappa shape index (κ1) is 20.9. The Balaban J connectivity index is 1.48. The minimum atomic E-state index is -3.20. The fraction of sp³-hybridized carbons (Fsp3) is 0.571. The summed E-state index contributed by atoms with van der Waals surface area (Å²) in [6.45, 7) is 6.22. The molecule has 1 aliphatic rings. The molecule has 0 unspecified atom stereocenters. The lowest BCUT2D eigenvalue weighted by molar-refractivity contribution is -0.122. The number of hydrogen-bond donors (Lipinski definition) is 2. The second-order valence-electron chi connectivity index (χ2n) is 8.16. The molecule has 1 aliphatic carbocycles. The van der Waals surface area contributed by atoms with Crippen LogP contribution in [0.3, 0.4) is 0 Å². The van der Waals surface area contributed by atoms with E-state index in [2.05, 4.69) is 26.7 Å². The van der Waals surface area contributed by atoms with Crippen LogP contribution in [0.2, 0.25) is 0 Å². The van der Waals surface area contributed by atoms with E-state index in [-0.39, 0.29) is 11.9 Å². The lowest BCUT2D eigenvalue weighted by atomic mass is 9.86. The molecule has 154 valence electrons. The number of hydrogen-bond acceptors (Lipinski definition) is 3. The fourth-order valence-corrected chi connectivity index (χ4v) is 4.69. The van der Waals surface area contributed by atoms with Crippen molar-refractivity contribution in [3.8, 4) is 0 Å². The summed E-state index contributed by atoms with van der Waals surface area (Å²) in [5, 5.41) is 3.91. The van der Waals surface area contributed by atoms with Gasteiger partial charge in [-0.15, -0.1) is 0 Å². The Hall–Kier alpha value is -1.86. The van der Waals surface area contributed by atoms with Crippen LogP contribution in [0.15, 0.2) is 30.3 Å². The molecule has 6 nitrogen and oxygen atoms in total. The fourth-order valence-electron chi connectivity index (χ4n) is 3.89. The first-order chi connectivity index (χ1) is 13.3. The van der Waals surface area contributed by atoms with E-state index in [1.165, 1.54) is 0 Å². The first-order valence-electron chi connectivity index (χ1n) is 10.1. The van der Waals surface area contributed by atoms with Crippen LogP contribution in [0.4, 0.5) is 0 Å². The Kier molecular flexibility index (Phi) is 6.45. The first-order valence-corrected chi connectivity index (χ1v) is 11.6. The van der Waals surface area contributed by atoms with Gasteiger partial charge in [-0.1, -0.05) is 18.2 Å². The smallest absolute Gasteiger partial charge is 0.240 e. The number of nitrogens with one attached hydrogen (secondary N) is 2. The highest BCUT2D eigenvalue weighted by atomic mass is 32.2. The van der Waals surface area contributed by atoms with E-state index in [0.29, 0.717) is 19.0 Å². The summed E-state index contributed by atoms with van der Waals surface area (Å²) < 4.78 is 28.5. The van der Waals surface area contributed by atoms with Crippen molar-refractivity contribution in [1.29, 1.82) is 0 Å². The molecule has 0 bridgehead atoms. The maximum absolute atomic E-state index is 12.6. The Labute approximate surface area is 167 Å². The molecular formula is C21H31N3O3S. The van der Waals surface area contributed by atoms with Crippen molar-refractivity contribution in [2.75, 3.05) is 6.54 Å². The highest BCUT2D eigenvalue weighted by Crippen LogP contribution is 2.24. The highest BCUT2D eigenvalue weighted by molar-refractivity contribution is 7.90. The monoisotopic (exact) mass is 405 g/mol. The Morgan fingerprint density at radius 2 is 1.86 bits per heavy atom. The average Bonchev–Trinajstić information content (AvgIpc) is 2.96.